The van der Waals surface area contributed by atoms with E-state index in [1.807, 2.05) is 0 Å². The van der Waals surface area contributed by atoms with Crippen LogP contribution in [0.15, 0.2) is 169 Å². The number of hydrogen-bond acceptors (Lipinski definition) is 4. The van der Waals surface area contributed by atoms with Crippen LogP contribution >= 0.6 is 11.3 Å². The molecule has 0 aliphatic rings. The number of fused-ring (bicyclic) bond motifs is 6. The number of thiophene rings is 1. The molecule has 0 N–H and O–H groups in total. The van der Waals surface area contributed by atoms with E-state index in [0.717, 1.165) is 11.3 Å². The lowest BCUT2D eigenvalue weighted by molar-refractivity contribution is 1.06. The van der Waals surface area contributed by atoms with E-state index in [0.29, 0.717) is 26.1 Å². The van der Waals surface area contributed by atoms with E-state index in [1.165, 1.54) is 22.8 Å². The minimum absolute atomic E-state index is 0.00683. The van der Waals surface area contributed by atoms with Gasteiger partial charge in [-0.2, -0.15) is 0 Å². The second kappa shape index (κ2) is 11.6. The van der Waals surface area contributed by atoms with Crippen LogP contribution in [0.2, 0.25) is 0 Å². The van der Waals surface area contributed by atoms with Crippen LogP contribution in [0.1, 0.15) is 24.7 Å². The predicted molar refractivity (Wildman–Crippen MR) is 209 cm³/mol. The third-order valence-corrected chi connectivity index (χ3v) is 9.40. The van der Waals surface area contributed by atoms with Crippen molar-refractivity contribution in [3.8, 4) is 51.0 Å². The Balaban J connectivity index is 1.29. The SMILES string of the molecule is [2H]c1cc([2H])c2sc3c(-c4cccc(-c5nc(-c6ccccc6-n6c7c([2H])c([2H])c([2H])c([2H])c7c7c([2H])c([2H])c([2H])c([2H])c76)nc(-c6c([2H])c([2H])c([2H])c([2H])c6[2H])n5)c4)cc([2H])c([2H])c3c2c1[2H]. The molecule has 0 unspecified atom stereocenters. The quantitative estimate of drug-likeness (QED) is 0.182. The Morgan fingerprint density at radius 2 is 1.12 bits per heavy atom. The Labute approximate surface area is 317 Å². The van der Waals surface area contributed by atoms with Gasteiger partial charge in [0.05, 0.1) is 41.4 Å². The fourth-order valence-corrected chi connectivity index (χ4v) is 7.19. The maximum atomic E-state index is 9.09. The zero-order valence-electron chi connectivity index (χ0n) is 43.5. The molecule has 0 radical (unpaired) electrons. The van der Waals surface area contributed by atoms with Gasteiger partial charge in [0.15, 0.2) is 17.5 Å². The average Bonchev–Trinajstić information content (AvgIpc) is 3.92. The van der Waals surface area contributed by atoms with E-state index < -0.39 is 78.6 Å². The molecule has 7 aromatic carbocycles. The molecule has 5 heteroatoms. The van der Waals surface area contributed by atoms with Crippen LogP contribution in [0.25, 0.3) is 93.0 Å². The topological polar surface area (TPSA) is 43.6 Å². The van der Waals surface area contributed by atoms with Crippen molar-refractivity contribution in [2.75, 3.05) is 0 Å². The Morgan fingerprint density at radius 1 is 0.460 bits per heavy atom. The van der Waals surface area contributed by atoms with Crippen molar-refractivity contribution in [2.24, 2.45) is 0 Å². The van der Waals surface area contributed by atoms with Crippen molar-refractivity contribution in [1.82, 2.24) is 19.5 Å². The molecule has 0 aliphatic carbocycles. The zero-order valence-corrected chi connectivity index (χ0v) is 26.3. The highest BCUT2D eigenvalue weighted by Crippen LogP contribution is 2.41. The van der Waals surface area contributed by atoms with Crippen LogP contribution in [-0.4, -0.2) is 19.5 Å². The van der Waals surface area contributed by atoms with E-state index in [9.17, 15) is 0 Å². The number of para-hydroxylation sites is 3. The molecule has 10 aromatic rings. The van der Waals surface area contributed by atoms with Gasteiger partial charge >= 0.3 is 0 Å². The second-order valence-electron chi connectivity index (χ2n) is 11.1. The molecule has 10 rings (SSSR count). The highest BCUT2D eigenvalue weighted by Gasteiger charge is 2.19. The summed E-state index contributed by atoms with van der Waals surface area (Å²) in [7, 11) is 0. The van der Waals surface area contributed by atoms with Gasteiger partial charge in [0.25, 0.3) is 0 Å². The van der Waals surface area contributed by atoms with Gasteiger partial charge in [-0.15, -0.1) is 11.3 Å². The Hall–Kier alpha value is -6.43. The first-order valence-corrected chi connectivity index (χ1v) is 16.0. The molecule has 234 valence electrons. The van der Waals surface area contributed by atoms with Gasteiger partial charge in [0, 0.05) is 47.6 Å². The van der Waals surface area contributed by atoms with E-state index in [-0.39, 0.29) is 97.1 Å². The highest BCUT2D eigenvalue weighted by atomic mass is 32.1. The van der Waals surface area contributed by atoms with Gasteiger partial charge in [-0.05, 0) is 47.5 Å². The number of aromatic nitrogens is 4. The number of benzene rings is 7. The second-order valence-corrected chi connectivity index (χ2v) is 12.1. The van der Waals surface area contributed by atoms with Crippen molar-refractivity contribution in [3.63, 3.8) is 0 Å². The van der Waals surface area contributed by atoms with Crippen LogP contribution in [-0.2, 0) is 0 Å². The predicted octanol–water partition coefficient (Wildman–Crippen LogP) is 12.0. The first-order chi connectivity index (χ1) is 32.2. The Morgan fingerprint density at radius 3 is 1.94 bits per heavy atom. The maximum Gasteiger partial charge on any atom is 0.166 e. The molecule has 0 spiro atoms. The maximum absolute atomic E-state index is 9.09. The van der Waals surface area contributed by atoms with Gasteiger partial charge in [-0.1, -0.05) is 133 Å². The van der Waals surface area contributed by atoms with E-state index >= 15 is 0 Å². The number of hydrogen-bond donors (Lipinski definition) is 0. The van der Waals surface area contributed by atoms with Crippen LogP contribution in [0.4, 0.5) is 0 Å². The molecule has 0 bridgehead atoms. The molecule has 0 atom stereocenters. The molecule has 0 aliphatic heterocycles. The molecule has 3 aromatic heterocycles. The molecule has 0 saturated carbocycles. The summed E-state index contributed by atoms with van der Waals surface area (Å²) in [5.41, 5.74) is 0.713. The van der Waals surface area contributed by atoms with Crippen LogP contribution in [0.3, 0.4) is 0 Å². The molecule has 4 nitrogen and oxygen atoms in total. The lowest BCUT2D eigenvalue weighted by Gasteiger charge is -2.14. The van der Waals surface area contributed by atoms with Gasteiger partial charge in [0.2, 0.25) is 0 Å². The van der Waals surface area contributed by atoms with E-state index in [2.05, 4.69) is 4.98 Å². The van der Waals surface area contributed by atoms with Crippen molar-refractivity contribution < 1.29 is 24.7 Å². The molecular formula is C45H28N4S. The normalized spacial score (nSPS) is 16.6. The molecular weight excluding hydrogens is 629 g/mol. The number of nitrogens with zero attached hydrogens (tertiary/aromatic N) is 4. The smallest absolute Gasteiger partial charge is 0.166 e. The molecule has 3 heterocycles. The summed E-state index contributed by atoms with van der Waals surface area (Å²) in [6, 6.07) is 7.04. The van der Waals surface area contributed by atoms with Crippen LogP contribution in [0, 0.1) is 0 Å². The summed E-state index contributed by atoms with van der Waals surface area (Å²) in [6.45, 7) is 0. The molecule has 0 fully saturated rings. The minimum atomic E-state index is -0.666. The van der Waals surface area contributed by atoms with Crippen LogP contribution in [0.5, 0.6) is 0 Å². The zero-order chi connectivity index (χ0) is 48.7. The average molecular weight is 675 g/mol. The summed E-state index contributed by atoms with van der Waals surface area (Å²) >= 11 is 1.15. The first-order valence-electron chi connectivity index (χ1n) is 24.2. The third kappa shape index (κ3) is 4.63. The third-order valence-electron chi connectivity index (χ3n) is 8.25. The van der Waals surface area contributed by atoms with Gasteiger partial charge < -0.3 is 4.57 Å². The molecule has 0 amide bonds. The molecule has 50 heavy (non-hydrogen) atoms. The fourth-order valence-electron chi connectivity index (χ4n) is 6.08. The summed E-state index contributed by atoms with van der Waals surface area (Å²) in [4.78, 5) is 14.2. The summed E-state index contributed by atoms with van der Waals surface area (Å²) in [5.74, 6) is -0.620. The standard InChI is InChI=1S/C45H28N4S/c1-2-14-29(15-3-1)43-46-44(31-17-12-16-30(28-31)32-22-13-23-36-35-20-7-11-27-41(35)50-42(32)36)48-45(47-43)37-21-6-10-26-40(37)49-38-24-8-4-18-33(38)34-19-5-9-25-39(34)49/h1-28H/i1D,2D,3D,4D,5D,7D,8D,9D,13D,14D,15D,18D,19D,20D,23D,24D,25D,27D. The highest BCUT2D eigenvalue weighted by molar-refractivity contribution is 7.26. The minimum Gasteiger partial charge on any atom is -0.309 e. The van der Waals surface area contributed by atoms with E-state index in [1.54, 1.807) is 42.5 Å². The summed E-state index contributed by atoms with van der Waals surface area (Å²) < 4.78 is 159. The lowest BCUT2D eigenvalue weighted by atomic mass is 10.0. The molecule has 0 saturated heterocycles. The van der Waals surface area contributed by atoms with E-state index in [4.69, 9.17) is 34.6 Å². The largest absolute Gasteiger partial charge is 0.309 e. The first kappa shape index (κ1) is 15.9. The monoisotopic (exact) mass is 674 g/mol. The van der Waals surface area contributed by atoms with Crippen LogP contribution < -0.4 is 0 Å². The number of rotatable bonds is 5. The summed E-state index contributed by atoms with van der Waals surface area (Å²) in [5, 5.41) is 0.131. The van der Waals surface area contributed by atoms with Crippen molar-refractivity contribution in [2.45, 2.75) is 0 Å². The van der Waals surface area contributed by atoms with Gasteiger partial charge in [-0.3, -0.25) is 0 Å². The summed E-state index contributed by atoms with van der Waals surface area (Å²) in [6.07, 6.45) is 0. The Kier molecular flexibility index (Phi) is 3.68. The van der Waals surface area contributed by atoms with Gasteiger partial charge in [0.1, 0.15) is 0 Å². The van der Waals surface area contributed by atoms with Crippen molar-refractivity contribution in [3.05, 3.63) is 169 Å². The van der Waals surface area contributed by atoms with Gasteiger partial charge in [-0.25, -0.2) is 15.0 Å². The lowest BCUT2D eigenvalue weighted by Crippen LogP contribution is -2.03. The van der Waals surface area contributed by atoms with Crippen molar-refractivity contribution >= 4 is 53.3 Å². The fraction of sp³-hybridized carbons (Fsp3) is 0. The van der Waals surface area contributed by atoms with Crippen molar-refractivity contribution in [1.29, 1.82) is 0 Å². The Bertz CT molecular complexity index is 3820.